The number of amides is 1. The van der Waals surface area contributed by atoms with Crippen LogP contribution in [-0.4, -0.2) is 50.0 Å². The van der Waals surface area contributed by atoms with Crippen LogP contribution in [0.3, 0.4) is 0 Å². The first-order chi connectivity index (χ1) is 12.5. The molecule has 0 saturated carbocycles. The number of rotatable bonds is 5. The van der Waals surface area contributed by atoms with Gasteiger partial charge >= 0.3 is 0 Å². The summed E-state index contributed by atoms with van der Waals surface area (Å²) in [5, 5.41) is 12.4. The number of nitrogens with one attached hydrogen (secondary N) is 1. The van der Waals surface area contributed by atoms with E-state index in [1.54, 1.807) is 24.3 Å². The van der Waals surface area contributed by atoms with Crippen LogP contribution in [-0.2, 0) is 21.3 Å². The highest BCUT2D eigenvalue weighted by Crippen LogP contribution is 2.18. The molecule has 3 rings (SSSR count). The molecule has 0 aromatic heterocycles. The minimum Gasteiger partial charge on any atom is -0.507 e. The summed E-state index contributed by atoms with van der Waals surface area (Å²) in [6.07, 6.45) is 0. The van der Waals surface area contributed by atoms with Gasteiger partial charge in [-0.15, -0.1) is 0 Å². The Morgan fingerprint density at radius 1 is 1.08 bits per heavy atom. The van der Waals surface area contributed by atoms with Crippen LogP contribution in [0.5, 0.6) is 5.75 Å². The lowest BCUT2D eigenvalue weighted by Crippen LogP contribution is -2.40. The van der Waals surface area contributed by atoms with E-state index in [0.717, 1.165) is 5.56 Å². The fourth-order valence-electron chi connectivity index (χ4n) is 2.66. The second-order valence-corrected chi connectivity index (χ2v) is 7.80. The van der Waals surface area contributed by atoms with Gasteiger partial charge in [0.15, 0.2) is 0 Å². The highest BCUT2D eigenvalue weighted by molar-refractivity contribution is 7.89. The van der Waals surface area contributed by atoms with Crippen LogP contribution in [0.2, 0.25) is 0 Å². The zero-order valence-corrected chi connectivity index (χ0v) is 14.9. The highest BCUT2D eigenvalue weighted by atomic mass is 32.2. The molecule has 2 aromatic rings. The number of phenolic OH excluding ortho intramolecular Hbond substituents is 1. The summed E-state index contributed by atoms with van der Waals surface area (Å²) in [7, 11) is -3.53. The van der Waals surface area contributed by atoms with Gasteiger partial charge in [-0.05, 0) is 29.8 Å². The molecule has 8 heteroatoms. The number of sulfonamides is 1. The van der Waals surface area contributed by atoms with Gasteiger partial charge in [0.25, 0.3) is 5.91 Å². The third kappa shape index (κ3) is 4.04. The number of carbonyl (C=O) groups excluding carboxylic acids is 1. The molecule has 0 unspecified atom stereocenters. The minimum absolute atomic E-state index is 0.0862. The zero-order chi connectivity index (χ0) is 18.6. The number of carbonyl (C=O) groups is 1. The lowest BCUT2D eigenvalue weighted by Gasteiger charge is -2.26. The zero-order valence-electron chi connectivity index (χ0n) is 14.1. The predicted molar refractivity (Wildman–Crippen MR) is 95.3 cm³/mol. The first-order valence-electron chi connectivity index (χ1n) is 8.21. The van der Waals surface area contributed by atoms with Crippen LogP contribution in [0.4, 0.5) is 0 Å². The second-order valence-electron chi connectivity index (χ2n) is 5.86. The van der Waals surface area contributed by atoms with Crippen molar-refractivity contribution in [2.24, 2.45) is 0 Å². The maximum Gasteiger partial charge on any atom is 0.255 e. The Balaban J connectivity index is 1.64. The molecule has 1 aliphatic rings. The van der Waals surface area contributed by atoms with Gasteiger partial charge in [0, 0.05) is 19.6 Å². The van der Waals surface area contributed by atoms with Gasteiger partial charge in [0.05, 0.1) is 23.7 Å². The Labute approximate surface area is 152 Å². The second kappa shape index (κ2) is 7.86. The normalized spacial score (nSPS) is 15.5. The fraction of sp³-hybridized carbons (Fsp3) is 0.278. The molecule has 26 heavy (non-hydrogen) atoms. The summed E-state index contributed by atoms with van der Waals surface area (Å²) in [5.74, 6) is -0.481. The highest BCUT2D eigenvalue weighted by Gasteiger charge is 2.26. The molecule has 0 spiro atoms. The van der Waals surface area contributed by atoms with Crippen molar-refractivity contribution in [3.8, 4) is 5.75 Å². The van der Waals surface area contributed by atoms with E-state index < -0.39 is 15.9 Å². The lowest BCUT2D eigenvalue weighted by molar-refractivity contribution is 0.0730. The van der Waals surface area contributed by atoms with Crippen molar-refractivity contribution in [2.75, 3.05) is 26.3 Å². The molecule has 1 heterocycles. The van der Waals surface area contributed by atoms with Gasteiger partial charge in [0.2, 0.25) is 10.0 Å². The van der Waals surface area contributed by atoms with Crippen LogP contribution < -0.4 is 5.32 Å². The van der Waals surface area contributed by atoms with Gasteiger partial charge in [-0.1, -0.05) is 24.3 Å². The van der Waals surface area contributed by atoms with E-state index in [4.69, 9.17) is 4.74 Å². The smallest absolute Gasteiger partial charge is 0.255 e. The lowest BCUT2D eigenvalue weighted by atomic mass is 10.1. The van der Waals surface area contributed by atoms with E-state index in [2.05, 4.69) is 5.32 Å². The van der Waals surface area contributed by atoms with Gasteiger partial charge in [0.1, 0.15) is 5.75 Å². The molecule has 0 radical (unpaired) electrons. The fourth-order valence-corrected chi connectivity index (χ4v) is 4.07. The Morgan fingerprint density at radius 3 is 2.38 bits per heavy atom. The molecule has 1 fully saturated rings. The molecule has 138 valence electrons. The van der Waals surface area contributed by atoms with Crippen LogP contribution in [0.1, 0.15) is 15.9 Å². The minimum atomic E-state index is -3.53. The van der Waals surface area contributed by atoms with Crippen molar-refractivity contribution in [1.29, 1.82) is 0 Å². The summed E-state index contributed by atoms with van der Waals surface area (Å²) in [6, 6.07) is 12.7. The van der Waals surface area contributed by atoms with Gasteiger partial charge < -0.3 is 15.2 Å². The molecule has 2 aromatic carbocycles. The molecule has 1 amide bonds. The van der Waals surface area contributed by atoms with E-state index in [0.29, 0.717) is 26.3 Å². The van der Waals surface area contributed by atoms with Crippen molar-refractivity contribution in [3.05, 3.63) is 59.7 Å². The molecule has 1 saturated heterocycles. The molecule has 1 aliphatic heterocycles. The number of benzene rings is 2. The third-order valence-electron chi connectivity index (χ3n) is 4.13. The third-order valence-corrected chi connectivity index (χ3v) is 6.05. The number of hydrogen-bond donors (Lipinski definition) is 2. The standard InChI is InChI=1S/C18H20N2O5S/c21-17-4-2-1-3-16(17)18(22)19-13-14-5-7-15(8-6-14)26(23,24)20-9-11-25-12-10-20/h1-8,21H,9-13H2,(H,19,22). The van der Waals surface area contributed by atoms with Crippen LogP contribution in [0, 0.1) is 0 Å². The first-order valence-corrected chi connectivity index (χ1v) is 9.65. The molecule has 7 nitrogen and oxygen atoms in total. The van der Waals surface area contributed by atoms with Gasteiger partial charge in [-0.25, -0.2) is 8.42 Å². The molecular formula is C18H20N2O5S. The summed E-state index contributed by atoms with van der Waals surface area (Å²) in [4.78, 5) is 12.3. The molecule has 0 aliphatic carbocycles. The number of morpholine rings is 1. The molecule has 0 atom stereocenters. The monoisotopic (exact) mass is 376 g/mol. The summed E-state index contributed by atoms with van der Waals surface area (Å²) < 4.78 is 31.7. The number of ether oxygens (including phenoxy) is 1. The summed E-state index contributed by atoms with van der Waals surface area (Å²) >= 11 is 0. The molecule has 2 N–H and O–H groups in total. The van der Waals surface area contributed by atoms with Crippen molar-refractivity contribution in [3.63, 3.8) is 0 Å². The van der Waals surface area contributed by atoms with E-state index in [1.165, 1.54) is 28.6 Å². The first kappa shape index (κ1) is 18.4. The average molecular weight is 376 g/mol. The van der Waals surface area contributed by atoms with E-state index >= 15 is 0 Å². The number of hydrogen-bond acceptors (Lipinski definition) is 5. The molecular weight excluding hydrogens is 356 g/mol. The predicted octanol–water partition coefficient (Wildman–Crippen LogP) is 1.34. The quantitative estimate of drug-likeness (QED) is 0.821. The van der Waals surface area contributed by atoms with Crippen LogP contribution in [0.15, 0.2) is 53.4 Å². The van der Waals surface area contributed by atoms with Gasteiger partial charge in [-0.3, -0.25) is 4.79 Å². The van der Waals surface area contributed by atoms with Crippen LogP contribution in [0.25, 0.3) is 0 Å². The number of nitrogens with zero attached hydrogens (tertiary/aromatic N) is 1. The van der Waals surface area contributed by atoms with Gasteiger partial charge in [-0.2, -0.15) is 4.31 Å². The van der Waals surface area contributed by atoms with E-state index in [9.17, 15) is 18.3 Å². The van der Waals surface area contributed by atoms with Crippen molar-refractivity contribution < 1.29 is 23.1 Å². The average Bonchev–Trinajstić information content (AvgIpc) is 2.67. The largest absolute Gasteiger partial charge is 0.507 e. The number of phenols is 1. The van der Waals surface area contributed by atoms with E-state index in [1.807, 2.05) is 0 Å². The van der Waals surface area contributed by atoms with Crippen molar-refractivity contribution >= 4 is 15.9 Å². The number of aromatic hydroxyl groups is 1. The maximum atomic E-state index is 12.6. The SMILES string of the molecule is O=C(NCc1ccc(S(=O)(=O)N2CCOCC2)cc1)c1ccccc1O. The maximum absolute atomic E-state index is 12.6. The Hall–Kier alpha value is -2.42. The van der Waals surface area contributed by atoms with E-state index in [-0.39, 0.29) is 22.8 Å². The Kier molecular flexibility index (Phi) is 5.55. The summed E-state index contributed by atoms with van der Waals surface area (Å²) in [6.45, 7) is 1.72. The Bertz CT molecular complexity index is 875. The van der Waals surface area contributed by atoms with Crippen LogP contribution >= 0.6 is 0 Å². The molecule has 0 bridgehead atoms. The topological polar surface area (TPSA) is 95.9 Å². The number of para-hydroxylation sites is 1. The Morgan fingerprint density at radius 2 is 1.73 bits per heavy atom. The summed E-state index contributed by atoms with van der Waals surface area (Å²) in [5.41, 5.74) is 0.953. The van der Waals surface area contributed by atoms with Crippen molar-refractivity contribution in [2.45, 2.75) is 11.4 Å². The van der Waals surface area contributed by atoms with Crippen molar-refractivity contribution in [1.82, 2.24) is 9.62 Å².